The third-order valence-corrected chi connectivity index (χ3v) is 4.10. The number of phenolic OH excluding ortho intramolecular Hbond substituents is 1. The van der Waals surface area contributed by atoms with Crippen LogP contribution >= 0.6 is 11.3 Å². The highest BCUT2D eigenvalue weighted by molar-refractivity contribution is 7.21. The summed E-state index contributed by atoms with van der Waals surface area (Å²) in [6, 6.07) is 11.1. The number of rotatable bonds is 3. The number of benzene rings is 2. The Morgan fingerprint density at radius 1 is 1.10 bits per heavy atom. The van der Waals surface area contributed by atoms with Gasteiger partial charge in [-0.1, -0.05) is 6.07 Å². The van der Waals surface area contributed by atoms with Crippen LogP contribution < -0.4 is 9.47 Å². The molecule has 1 heterocycles. The third-order valence-electron chi connectivity index (χ3n) is 3.04. The van der Waals surface area contributed by atoms with Crippen molar-refractivity contribution >= 4 is 21.6 Å². The van der Waals surface area contributed by atoms with Crippen LogP contribution in [0.15, 0.2) is 36.4 Å². The van der Waals surface area contributed by atoms with Gasteiger partial charge in [-0.2, -0.15) is 0 Å². The maximum Gasteiger partial charge on any atom is 0.168 e. The Balaban J connectivity index is 2.15. The summed E-state index contributed by atoms with van der Waals surface area (Å²) in [6.45, 7) is 0. The molecule has 0 saturated heterocycles. The first-order valence-electron chi connectivity index (χ1n) is 6.04. The summed E-state index contributed by atoms with van der Waals surface area (Å²) >= 11 is 1.51. The molecule has 20 heavy (non-hydrogen) atoms. The van der Waals surface area contributed by atoms with Crippen LogP contribution in [0.2, 0.25) is 0 Å². The van der Waals surface area contributed by atoms with E-state index in [1.54, 1.807) is 13.2 Å². The second-order valence-corrected chi connectivity index (χ2v) is 5.24. The standard InChI is InChI=1S/C15H13NO3S/c1-18-9-6-7-11-13(8-9)20-15(16-11)10-4-3-5-12(19-2)14(10)17/h3-8,17H,1-2H3. The molecular formula is C15H13NO3S. The molecule has 1 aromatic heterocycles. The van der Waals surface area contributed by atoms with Gasteiger partial charge in [0.1, 0.15) is 10.8 Å². The average molecular weight is 287 g/mol. The van der Waals surface area contributed by atoms with E-state index in [2.05, 4.69) is 4.98 Å². The molecule has 4 nitrogen and oxygen atoms in total. The maximum atomic E-state index is 10.2. The minimum absolute atomic E-state index is 0.112. The molecule has 0 fully saturated rings. The zero-order valence-electron chi connectivity index (χ0n) is 11.1. The van der Waals surface area contributed by atoms with E-state index >= 15 is 0 Å². The van der Waals surface area contributed by atoms with Gasteiger partial charge < -0.3 is 14.6 Å². The highest BCUT2D eigenvalue weighted by Gasteiger charge is 2.13. The fourth-order valence-electron chi connectivity index (χ4n) is 2.01. The van der Waals surface area contributed by atoms with Gasteiger partial charge in [0.05, 0.1) is 30.0 Å². The van der Waals surface area contributed by atoms with Gasteiger partial charge in [-0.05, 0) is 30.3 Å². The number of para-hydroxylation sites is 1. The molecular weight excluding hydrogens is 274 g/mol. The molecule has 0 spiro atoms. The van der Waals surface area contributed by atoms with Gasteiger partial charge in [0.2, 0.25) is 0 Å². The van der Waals surface area contributed by atoms with E-state index in [4.69, 9.17) is 9.47 Å². The molecule has 2 aromatic carbocycles. The van der Waals surface area contributed by atoms with Gasteiger partial charge in [-0.3, -0.25) is 0 Å². The zero-order chi connectivity index (χ0) is 14.1. The number of nitrogens with zero attached hydrogens (tertiary/aromatic N) is 1. The molecule has 5 heteroatoms. The topological polar surface area (TPSA) is 51.6 Å². The number of aromatic hydroxyl groups is 1. The fraction of sp³-hybridized carbons (Fsp3) is 0.133. The van der Waals surface area contributed by atoms with E-state index in [1.807, 2.05) is 30.3 Å². The summed E-state index contributed by atoms with van der Waals surface area (Å²) < 4.78 is 11.3. The van der Waals surface area contributed by atoms with Crippen LogP contribution in [0.3, 0.4) is 0 Å². The second kappa shape index (κ2) is 5.02. The molecule has 0 bridgehead atoms. The largest absolute Gasteiger partial charge is 0.504 e. The van der Waals surface area contributed by atoms with E-state index in [0.29, 0.717) is 11.3 Å². The van der Waals surface area contributed by atoms with Gasteiger partial charge in [0, 0.05) is 0 Å². The lowest BCUT2D eigenvalue weighted by Gasteiger charge is -2.05. The number of hydrogen-bond donors (Lipinski definition) is 1. The van der Waals surface area contributed by atoms with E-state index in [0.717, 1.165) is 21.0 Å². The van der Waals surface area contributed by atoms with Crippen LogP contribution in [0.1, 0.15) is 0 Å². The van der Waals surface area contributed by atoms with Crippen molar-refractivity contribution in [3.8, 4) is 27.8 Å². The van der Waals surface area contributed by atoms with Crippen molar-refractivity contribution in [2.24, 2.45) is 0 Å². The predicted octanol–water partition coefficient (Wildman–Crippen LogP) is 3.69. The molecule has 1 N–H and O–H groups in total. The monoisotopic (exact) mass is 287 g/mol. The van der Waals surface area contributed by atoms with Gasteiger partial charge in [-0.15, -0.1) is 11.3 Å². The predicted molar refractivity (Wildman–Crippen MR) is 79.8 cm³/mol. The molecule has 3 aromatic rings. The van der Waals surface area contributed by atoms with Gasteiger partial charge in [0.25, 0.3) is 0 Å². The molecule has 0 aliphatic rings. The first kappa shape index (κ1) is 12.7. The number of hydrogen-bond acceptors (Lipinski definition) is 5. The van der Waals surface area contributed by atoms with E-state index in [9.17, 15) is 5.11 Å². The van der Waals surface area contributed by atoms with Crippen LogP contribution in [0.25, 0.3) is 20.8 Å². The summed E-state index contributed by atoms with van der Waals surface area (Å²) in [5.41, 5.74) is 1.55. The quantitative estimate of drug-likeness (QED) is 0.798. The lowest BCUT2D eigenvalue weighted by Crippen LogP contribution is -1.85. The zero-order valence-corrected chi connectivity index (χ0v) is 11.9. The summed E-state index contributed by atoms with van der Waals surface area (Å²) in [4.78, 5) is 4.54. The lowest BCUT2D eigenvalue weighted by atomic mass is 10.2. The summed E-state index contributed by atoms with van der Waals surface area (Å²) in [7, 11) is 3.17. The Bertz CT molecular complexity index is 767. The smallest absolute Gasteiger partial charge is 0.168 e. The average Bonchev–Trinajstić information content (AvgIpc) is 2.89. The summed E-state index contributed by atoms with van der Waals surface area (Å²) in [6.07, 6.45) is 0. The van der Waals surface area contributed by atoms with Crippen LogP contribution in [0, 0.1) is 0 Å². The molecule has 0 atom stereocenters. The SMILES string of the molecule is COc1ccc2nc(-c3cccc(OC)c3O)sc2c1. The molecule has 0 aliphatic carbocycles. The molecule has 0 amide bonds. The second-order valence-electron chi connectivity index (χ2n) is 4.21. The molecule has 0 unspecified atom stereocenters. The van der Waals surface area contributed by atoms with Crippen molar-refractivity contribution in [3.63, 3.8) is 0 Å². The Morgan fingerprint density at radius 2 is 1.95 bits per heavy atom. The number of phenols is 1. The van der Waals surface area contributed by atoms with E-state index in [1.165, 1.54) is 18.4 Å². The van der Waals surface area contributed by atoms with Crippen LogP contribution in [-0.4, -0.2) is 24.3 Å². The molecule has 0 saturated carbocycles. The first-order valence-corrected chi connectivity index (χ1v) is 6.85. The first-order chi connectivity index (χ1) is 9.72. The Kier molecular flexibility index (Phi) is 3.20. The number of thiazole rings is 1. The lowest BCUT2D eigenvalue weighted by molar-refractivity contribution is 0.374. The summed E-state index contributed by atoms with van der Waals surface area (Å²) in [5.74, 6) is 1.35. The molecule has 102 valence electrons. The van der Waals surface area contributed by atoms with E-state index < -0.39 is 0 Å². The number of aromatic nitrogens is 1. The van der Waals surface area contributed by atoms with Gasteiger partial charge >= 0.3 is 0 Å². The van der Waals surface area contributed by atoms with Crippen molar-refractivity contribution in [3.05, 3.63) is 36.4 Å². The molecule has 0 aliphatic heterocycles. The summed E-state index contributed by atoms with van der Waals surface area (Å²) in [5, 5.41) is 10.9. The van der Waals surface area contributed by atoms with Crippen molar-refractivity contribution in [1.29, 1.82) is 0 Å². The van der Waals surface area contributed by atoms with E-state index in [-0.39, 0.29) is 5.75 Å². The maximum absolute atomic E-state index is 10.2. The van der Waals surface area contributed by atoms with Gasteiger partial charge in [0.15, 0.2) is 11.5 Å². The highest BCUT2D eigenvalue weighted by atomic mass is 32.1. The Morgan fingerprint density at radius 3 is 2.70 bits per heavy atom. The molecule has 3 rings (SSSR count). The highest BCUT2D eigenvalue weighted by Crippen LogP contribution is 2.40. The van der Waals surface area contributed by atoms with Crippen molar-refractivity contribution in [2.75, 3.05) is 14.2 Å². The van der Waals surface area contributed by atoms with Crippen LogP contribution in [-0.2, 0) is 0 Å². The third kappa shape index (κ3) is 2.06. The van der Waals surface area contributed by atoms with Crippen molar-refractivity contribution in [1.82, 2.24) is 4.98 Å². The normalized spacial score (nSPS) is 10.7. The minimum atomic E-state index is 0.112. The Hall–Kier alpha value is -2.27. The van der Waals surface area contributed by atoms with Gasteiger partial charge in [-0.25, -0.2) is 4.98 Å². The number of methoxy groups -OCH3 is 2. The van der Waals surface area contributed by atoms with Crippen molar-refractivity contribution < 1.29 is 14.6 Å². The Labute approximate surface area is 120 Å². The number of fused-ring (bicyclic) bond motifs is 1. The minimum Gasteiger partial charge on any atom is -0.504 e. The number of ether oxygens (including phenoxy) is 2. The van der Waals surface area contributed by atoms with Crippen molar-refractivity contribution in [2.45, 2.75) is 0 Å². The fourth-order valence-corrected chi connectivity index (χ4v) is 3.03. The van der Waals surface area contributed by atoms with Crippen LogP contribution in [0.5, 0.6) is 17.2 Å². The van der Waals surface area contributed by atoms with Crippen LogP contribution in [0.4, 0.5) is 0 Å². The molecule has 0 radical (unpaired) electrons.